The fraction of sp³-hybridized carbons (Fsp3) is 0.548. The Kier molecular flexibility index (Phi) is 10.1. The van der Waals surface area contributed by atoms with Gasteiger partial charge in [-0.1, -0.05) is 6.07 Å². The van der Waals surface area contributed by atoms with E-state index in [-0.39, 0.29) is 47.9 Å². The number of ether oxygens (including phenoxy) is 1. The van der Waals surface area contributed by atoms with E-state index in [1.54, 1.807) is 48.3 Å². The van der Waals surface area contributed by atoms with Gasteiger partial charge in [0.25, 0.3) is 18.3 Å². The lowest BCUT2D eigenvalue weighted by molar-refractivity contribution is -0.135. The van der Waals surface area contributed by atoms with Crippen molar-refractivity contribution in [3.05, 3.63) is 64.6 Å². The van der Waals surface area contributed by atoms with Gasteiger partial charge in [0.15, 0.2) is 11.3 Å². The number of piperidine rings is 2. The highest BCUT2D eigenvalue weighted by Gasteiger charge is 2.50. The van der Waals surface area contributed by atoms with Gasteiger partial charge in [-0.05, 0) is 69.7 Å². The lowest BCUT2D eigenvalue weighted by Crippen LogP contribution is -2.66. The van der Waals surface area contributed by atoms with Crippen LogP contribution >= 0.6 is 0 Å². The van der Waals surface area contributed by atoms with Crippen LogP contribution in [0, 0.1) is 11.3 Å². The van der Waals surface area contributed by atoms with Crippen molar-refractivity contribution in [1.82, 2.24) is 43.7 Å². The summed E-state index contributed by atoms with van der Waals surface area (Å²) in [6, 6.07) is 4.76. The number of rotatable bonds is 10. The van der Waals surface area contributed by atoms with Crippen LogP contribution in [0.2, 0.25) is 0 Å². The Hall–Kier alpha value is -5.83. The second-order valence-electron chi connectivity index (χ2n) is 18.0. The minimum Gasteiger partial charge on any atom is -0.380 e. The van der Waals surface area contributed by atoms with Crippen molar-refractivity contribution in [1.29, 1.82) is 0 Å². The molecule has 0 radical (unpaired) electrons. The van der Waals surface area contributed by atoms with E-state index < -0.39 is 60.1 Å². The number of halogens is 4. The van der Waals surface area contributed by atoms with Crippen LogP contribution in [-0.2, 0) is 21.4 Å². The highest BCUT2D eigenvalue weighted by molar-refractivity contribution is 6.08. The molecule has 1 saturated carbocycles. The fourth-order valence-corrected chi connectivity index (χ4v) is 10.4. The quantitative estimate of drug-likeness (QED) is 0.153. The van der Waals surface area contributed by atoms with Gasteiger partial charge in [-0.2, -0.15) is 10.2 Å². The van der Waals surface area contributed by atoms with Crippen LogP contribution in [0.15, 0.2) is 47.7 Å². The van der Waals surface area contributed by atoms with Gasteiger partial charge in [-0.15, -0.1) is 0 Å². The molecule has 1 spiro atoms. The zero-order valence-corrected chi connectivity index (χ0v) is 34.9. The predicted molar refractivity (Wildman–Crippen MR) is 221 cm³/mol. The molecule has 1 aliphatic carbocycles. The van der Waals surface area contributed by atoms with Crippen LogP contribution in [0.1, 0.15) is 79.5 Å². The van der Waals surface area contributed by atoms with Crippen LogP contribution in [0.4, 0.5) is 34.8 Å². The Labute approximate surface area is 357 Å². The predicted octanol–water partition coefficient (Wildman–Crippen LogP) is 4.16. The number of nitrogens with one attached hydrogen (secondary N) is 2. The number of alkyl halides is 4. The molecule has 2 N–H and O–H groups in total. The molecule has 17 nitrogen and oxygen atoms in total. The number of para-hydroxylation sites is 1. The molecule has 2 unspecified atom stereocenters. The van der Waals surface area contributed by atoms with Crippen molar-refractivity contribution in [3.8, 4) is 0 Å². The molecule has 4 aliphatic heterocycles. The summed E-state index contributed by atoms with van der Waals surface area (Å²) in [5, 5.41) is 13.4. The lowest BCUT2D eigenvalue weighted by atomic mass is 9.78. The Morgan fingerprint density at radius 3 is 2.51 bits per heavy atom. The van der Waals surface area contributed by atoms with Gasteiger partial charge < -0.3 is 19.9 Å². The van der Waals surface area contributed by atoms with E-state index in [9.17, 15) is 28.0 Å². The summed E-state index contributed by atoms with van der Waals surface area (Å²) in [6.45, 7) is 3.20. The fourth-order valence-electron chi connectivity index (χ4n) is 10.4. The average Bonchev–Trinajstić information content (AvgIpc) is 3.91. The lowest BCUT2D eigenvalue weighted by Gasteiger charge is -2.55. The average molecular weight is 877 g/mol. The Morgan fingerprint density at radius 2 is 1.81 bits per heavy atom. The van der Waals surface area contributed by atoms with Crippen LogP contribution in [0.3, 0.4) is 0 Å². The smallest absolute Gasteiger partial charge is 0.329 e. The number of aromatic nitrogens is 7. The van der Waals surface area contributed by atoms with Gasteiger partial charge >= 0.3 is 5.69 Å². The molecule has 1 aromatic carbocycles. The third kappa shape index (κ3) is 7.21. The number of aryl methyl sites for hydroxylation is 1. The van der Waals surface area contributed by atoms with E-state index in [0.717, 1.165) is 13.1 Å². The monoisotopic (exact) mass is 876 g/mol. The van der Waals surface area contributed by atoms with Crippen LogP contribution in [-0.4, -0.2) is 121 Å². The Balaban J connectivity index is 0.767. The van der Waals surface area contributed by atoms with Crippen LogP contribution < -0.4 is 26.1 Å². The number of fused-ring (bicyclic) bond motifs is 2. The minimum atomic E-state index is -3.11. The standard InChI is InChI=1S/C42H48F4N12O5/c1-52(31-12-14-54(21-42(31,45)46)28-4-3-5-29-35(28)53(2)40(62)58(29)30-10-11-33(59)50-39(30)61)17-24-6-8-25(9-7-24)57-18-27(34(51-57)36(43)44)48-38(60)26-16-47-56-15-13-32(49-37(26)56)55-19-41(20-55)22-63-23-41/h3-5,13,15-16,18,24-25,30-31,36H,6-12,14,17,19-23H2,1-2H3,(H,48,60)(H,50,59,61). The highest BCUT2D eigenvalue weighted by atomic mass is 19.3. The Bertz CT molecular complexity index is 2670. The summed E-state index contributed by atoms with van der Waals surface area (Å²) < 4.78 is 72.0. The van der Waals surface area contributed by atoms with Gasteiger partial charge in [0, 0.05) is 52.0 Å². The molecular formula is C42H48F4N12O5. The first-order chi connectivity index (χ1) is 30.2. The minimum absolute atomic E-state index is 0.0878. The summed E-state index contributed by atoms with van der Waals surface area (Å²) in [4.78, 5) is 61.6. The number of imide groups is 1. The maximum atomic E-state index is 16.2. The van der Waals surface area contributed by atoms with Gasteiger partial charge in [-0.3, -0.25) is 38.4 Å². The van der Waals surface area contributed by atoms with E-state index in [1.165, 1.54) is 30.7 Å². The molecule has 5 aromatic rings. The second-order valence-corrected chi connectivity index (χ2v) is 18.0. The first-order valence-electron chi connectivity index (χ1n) is 21.4. The van der Waals surface area contributed by atoms with Crippen molar-refractivity contribution in [2.24, 2.45) is 18.4 Å². The third-order valence-corrected chi connectivity index (χ3v) is 13.8. The number of anilines is 3. The molecule has 2 atom stereocenters. The molecular weight excluding hydrogens is 829 g/mol. The molecule has 0 bridgehead atoms. The van der Waals surface area contributed by atoms with Gasteiger partial charge in [0.1, 0.15) is 17.4 Å². The van der Waals surface area contributed by atoms with Crippen molar-refractivity contribution in [2.75, 3.05) is 68.1 Å². The Morgan fingerprint density at radius 1 is 1.03 bits per heavy atom. The number of amides is 3. The highest BCUT2D eigenvalue weighted by Crippen LogP contribution is 2.41. The summed E-state index contributed by atoms with van der Waals surface area (Å²) in [5.74, 6) is -3.93. The van der Waals surface area contributed by atoms with Gasteiger partial charge in [0.05, 0.1) is 65.9 Å². The van der Waals surface area contributed by atoms with Gasteiger partial charge in [-0.25, -0.2) is 31.9 Å². The van der Waals surface area contributed by atoms with Crippen molar-refractivity contribution in [2.45, 2.75) is 75.4 Å². The van der Waals surface area contributed by atoms with Crippen molar-refractivity contribution < 1.29 is 36.7 Å². The molecule has 21 heteroatoms. The van der Waals surface area contributed by atoms with E-state index in [1.807, 2.05) is 6.07 Å². The molecule has 4 saturated heterocycles. The maximum Gasteiger partial charge on any atom is 0.329 e. The molecule has 63 heavy (non-hydrogen) atoms. The number of carbonyl (C=O) groups is 3. The SMILES string of the molecule is CN(CC1CCC(n2cc(NC(=O)c3cnn4ccc(N5CC6(COC6)C5)nc34)c(C(F)F)n2)CC1)C1CCN(c2cccc3c2n(C)c(=O)n3C2CCC(=O)NC2=O)CC1(F)F. The van der Waals surface area contributed by atoms with E-state index in [0.29, 0.717) is 80.2 Å². The number of carbonyl (C=O) groups excluding carboxylic acids is 3. The topological polar surface area (TPSA) is 169 Å². The number of hydrogen-bond donors (Lipinski definition) is 2. The molecule has 5 aliphatic rings. The van der Waals surface area contributed by atoms with Crippen molar-refractivity contribution in [3.63, 3.8) is 0 Å². The number of benzene rings is 1. The molecule has 10 rings (SSSR count). The molecule has 5 fully saturated rings. The van der Waals surface area contributed by atoms with E-state index in [4.69, 9.17) is 4.74 Å². The number of imidazole rings is 1. The molecule has 334 valence electrons. The maximum absolute atomic E-state index is 16.2. The number of nitrogens with zero attached hydrogens (tertiary/aromatic N) is 10. The summed E-state index contributed by atoms with van der Waals surface area (Å²) in [6.07, 6.45) is 4.52. The zero-order chi connectivity index (χ0) is 43.9. The molecule has 4 aromatic heterocycles. The van der Waals surface area contributed by atoms with Crippen LogP contribution in [0.25, 0.3) is 16.7 Å². The van der Waals surface area contributed by atoms with Crippen LogP contribution in [0.5, 0.6) is 0 Å². The summed E-state index contributed by atoms with van der Waals surface area (Å²) >= 11 is 0. The first kappa shape index (κ1) is 41.2. The molecule has 3 amide bonds. The first-order valence-corrected chi connectivity index (χ1v) is 21.4. The largest absolute Gasteiger partial charge is 0.380 e. The van der Waals surface area contributed by atoms with Gasteiger partial charge in [0.2, 0.25) is 11.8 Å². The second kappa shape index (κ2) is 15.5. The number of hydrogen-bond acceptors (Lipinski definition) is 11. The molecule has 8 heterocycles. The van der Waals surface area contributed by atoms with E-state index >= 15 is 8.78 Å². The van der Waals surface area contributed by atoms with E-state index in [2.05, 4.69) is 30.7 Å². The van der Waals surface area contributed by atoms with Crippen molar-refractivity contribution >= 4 is 51.6 Å². The third-order valence-electron chi connectivity index (χ3n) is 13.8. The summed E-state index contributed by atoms with van der Waals surface area (Å²) in [7, 11) is 3.27. The zero-order valence-electron chi connectivity index (χ0n) is 34.9. The normalized spacial score (nSPS) is 24.6. The summed E-state index contributed by atoms with van der Waals surface area (Å²) in [5.41, 5.74) is 0.844.